The summed E-state index contributed by atoms with van der Waals surface area (Å²) in [6.07, 6.45) is 1.18. The fraction of sp³-hybridized carbons (Fsp3) is 0.533. The average molecular weight is 285 g/mol. The number of benzene rings is 1. The van der Waals surface area contributed by atoms with Gasteiger partial charge in [0.1, 0.15) is 11.6 Å². The summed E-state index contributed by atoms with van der Waals surface area (Å²) in [5.41, 5.74) is 0.296. The average Bonchev–Trinajstić information content (AvgIpc) is 2.39. The van der Waals surface area contributed by atoms with E-state index in [1.807, 2.05) is 0 Å². The number of aliphatic hydroxyl groups excluding tert-OH is 1. The van der Waals surface area contributed by atoms with E-state index in [0.29, 0.717) is 31.4 Å². The third-order valence-electron chi connectivity index (χ3n) is 3.15. The van der Waals surface area contributed by atoms with Gasteiger partial charge in [-0.25, -0.2) is 8.78 Å². The van der Waals surface area contributed by atoms with Crippen LogP contribution in [0.5, 0.6) is 0 Å². The van der Waals surface area contributed by atoms with Crippen LogP contribution in [0.2, 0.25) is 0 Å². The number of aliphatic hydroxyl groups is 1. The molecule has 1 amide bonds. The molecule has 0 aliphatic heterocycles. The van der Waals surface area contributed by atoms with E-state index in [2.05, 4.69) is 0 Å². The predicted molar refractivity (Wildman–Crippen MR) is 73.2 cm³/mol. The lowest BCUT2D eigenvalue weighted by atomic mass is 10.1. The summed E-state index contributed by atoms with van der Waals surface area (Å²) >= 11 is 0. The Hall–Kier alpha value is -1.49. The summed E-state index contributed by atoms with van der Waals surface area (Å²) in [6.45, 7) is 2.16. The van der Waals surface area contributed by atoms with Crippen LogP contribution in [-0.2, 0) is 11.2 Å². The molecule has 0 saturated carbocycles. The number of halogens is 2. The highest BCUT2D eigenvalue weighted by Gasteiger charge is 2.10. The molecule has 0 radical (unpaired) electrons. The molecule has 1 atom stereocenters. The van der Waals surface area contributed by atoms with Gasteiger partial charge in [-0.1, -0.05) is 0 Å². The zero-order chi connectivity index (χ0) is 15.1. The summed E-state index contributed by atoms with van der Waals surface area (Å²) in [4.78, 5) is 13.3. The summed E-state index contributed by atoms with van der Waals surface area (Å²) in [5.74, 6) is -0.967. The second kappa shape index (κ2) is 7.94. The van der Waals surface area contributed by atoms with E-state index in [1.165, 1.54) is 0 Å². The molecule has 1 rings (SSSR count). The van der Waals surface area contributed by atoms with Gasteiger partial charge in [-0.05, 0) is 49.9 Å². The maximum atomic E-state index is 13.4. The number of aryl methyl sites for hydroxylation is 1. The normalized spacial score (nSPS) is 12.2. The predicted octanol–water partition coefficient (Wildman–Crippen LogP) is 2.52. The monoisotopic (exact) mass is 285 g/mol. The van der Waals surface area contributed by atoms with Crippen LogP contribution < -0.4 is 0 Å². The van der Waals surface area contributed by atoms with Crippen molar-refractivity contribution in [1.29, 1.82) is 0 Å². The van der Waals surface area contributed by atoms with Gasteiger partial charge in [0.2, 0.25) is 5.91 Å². The first-order valence-electron chi connectivity index (χ1n) is 6.76. The molecule has 5 heteroatoms. The number of nitrogens with zero attached hydrogens (tertiary/aromatic N) is 1. The topological polar surface area (TPSA) is 40.5 Å². The van der Waals surface area contributed by atoms with Crippen LogP contribution in [0.3, 0.4) is 0 Å². The maximum Gasteiger partial charge on any atom is 0.222 e. The van der Waals surface area contributed by atoms with Gasteiger partial charge in [0, 0.05) is 20.0 Å². The van der Waals surface area contributed by atoms with Crippen molar-refractivity contribution in [3.63, 3.8) is 0 Å². The van der Waals surface area contributed by atoms with Crippen molar-refractivity contribution in [3.8, 4) is 0 Å². The lowest BCUT2D eigenvalue weighted by molar-refractivity contribution is -0.130. The van der Waals surface area contributed by atoms with Gasteiger partial charge >= 0.3 is 0 Å². The van der Waals surface area contributed by atoms with E-state index in [1.54, 1.807) is 18.9 Å². The number of amides is 1. The Morgan fingerprint density at radius 2 is 2.10 bits per heavy atom. The Morgan fingerprint density at radius 3 is 2.75 bits per heavy atom. The second-order valence-electron chi connectivity index (χ2n) is 5.04. The van der Waals surface area contributed by atoms with Crippen LogP contribution in [0.1, 0.15) is 31.7 Å². The molecule has 1 unspecified atom stereocenters. The zero-order valence-electron chi connectivity index (χ0n) is 11.9. The van der Waals surface area contributed by atoms with Crippen LogP contribution in [0.15, 0.2) is 18.2 Å². The number of hydrogen-bond acceptors (Lipinski definition) is 2. The van der Waals surface area contributed by atoms with E-state index in [9.17, 15) is 13.6 Å². The molecule has 1 aromatic carbocycles. The highest BCUT2D eigenvalue weighted by Crippen LogP contribution is 2.13. The van der Waals surface area contributed by atoms with Crippen molar-refractivity contribution in [2.24, 2.45) is 0 Å². The molecule has 0 aliphatic rings. The van der Waals surface area contributed by atoms with E-state index in [-0.39, 0.29) is 12.3 Å². The van der Waals surface area contributed by atoms with Crippen molar-refractivity contribution >= 4 is 5.91 Å². The molecule has 0 spiro atoms. The minimum Gasteiger partial charge on any atom is -0.393 e. The van der Waals surface area contributed by atoms with Crippen LogP contribution in [0.4, 0.5) is 8.78 Å². The quantitative estimate of drug-likeness (QED) is 0.836. The molecule has 0 heterocycles. The molecule has 112 valence electrons. The minimum atomic E-state index is -0.471. The molecule has 20 heavy (non-hydrogen) atoms. The fourth-order valence-corrected chi connectivity index (χ4v) is 1.86. The fourth-order valence-electron chi connectivity index (χ4n) is 1.86. The summed E-state index contributed by atoms with van der Waals surface area (Å²) in [7, 11) is 1.67. The Morgan fingerprint density at radius 1 is 1.40 bits per heavy atom. The highest BCUT2D eigenvalue weighted by molar-refractivity contribution is 5.75. The Kier molecular flexibility index (Phi) is 6.58. The van der Waals surface area contributed by atoms with Crippen molar-refractivity contribution in [2.45, 2.75) is 38.7 Å². The zero-order valence-corrected chi connectivity index (χ0v) is 11.9. The van der Waals surface area contributed by atoms with Crippen LogP contribution in [0, 0.1) is 11.6 Å². The van der Waals surface area contributed by atoms with Gasteiger partial charge in [0.05, 0.1) is 6.10 Å². The molecule has 0 fully saturated rings. The third kappa shape index (κ3) is 5.65. The van der Waals surface area contributed by atoms with Crippen molar-refractivity contribution < 1.29 is 18.7 Å². The van der Waals surface area contributed by atoms with Gasteiger partial charge in [0.25, 0.3) is 0 Å². The third-order valence-corrected chi connectivity index (χ3v) is 3.15. The largest absolute Gasteiger partial charge is 0.393 e. The molecule has 1 N–H and O–H groups in total. The first-order valence-corrected chi connectivity index (χ1v) is 6.76. The first kappa shape index (κ1) is 16.6. The van der Waals surface area contributed by atoms with Crippen molar-refractivity contribution in [3.05, 3.63) is 35.4 Å². The molecule has 0 bridgehead atoms. The smallest absolute Gasteiger partial charge is 0.222 e. The lowest BCUT2D eigenvalue weighted by Crippen LogP contribution is -2.29. The Labute approximate surface area is 118 Å². The Balaban J connectivity index is 2.36. The summed E-state index contributed by atoms with van der Waals surface area (Å²) in [6, 6.07) is 3.34. The van der Waals surface area contributed by atoms with Gasteiger partial charge in [-0.2, -0.15) is 0 Å². The van der Waals surface area contributed by atoms with Gasteiger partial charge in [-0.15, -0.1) is 0 Å². The molecular weight excluding hydrogens is 264 g/mol. The second-order valence-corrected chi connectivity index (χ2v) is 5.04. The molecule has 0 saturated heterocycles. The SMILES string of the molecule is CC(O)CCN(C)C(=O)CCCc1cc(F)ccc1F. The van der Waals surface area contributed by atoms with Crippen LogP contribution in [-0.4, -0.2) is 35.6 Å². The van der Waals surface area contributed by atoms with Crippen molar-refractivity contribution in [2.75, 3.05) is 13.6 Å². The molecule has 0 aliphatic carbocycles. The van der Waals surface area contributed by atoms with E-state index in [0.717, 1.165) is 18.2 Å². The standard InChI is InChI=1S/C15H21F2NO2/c1-11(19)8-9-18(2)15(20)5-3-4-12-10-13(16)6-7-14(12)17/h6-7,10-11,19H,3-5,8-9H2,1-2H3. The van der Waals surface area contributed by atoms with E-state index in [4.69, 9.17) is 5.11 Å². The molecular formula is C15H21F2NO2. The Bertz CT molecular complexity index is 449. The number of carbonyl (C=O) groups is 1. The maximum absolute atomic E-state index is 13.4. The number of carbonyl (C=O) groups excluding carboxylic acids is 1. The first-order chi connectivity index (χ1) is 9.40. The van der Waals surface area contributed by atoms with Crippen LogP contribution in [0.25, 0.3) is 0 Å². The molecule has 3 nitrogen and oxygen atoms in total. The minimum absolute atomic E-state index is 0.0533. The molecule has 0 aromatic heterocycles. The van der Waals surface area contributed by atoms with Crippen LogP contribution >= 0.6 is 0 Å². The molecule has 1 aromatic rings. The van der Waals surface area contributed by atoms with Crippen molar-refractivity contribution in [1.82, 2.24) is 4.90 Å². The highest BCUT2D eigenvalue weighted by atomic mass is 19.1. The van der Waals surface area contributed by atoms with Gasteiger partial charge in [-0.3, -0.25) is 4.79 Å². The number of hydrogen-bond donors (Lipinski definition) is 1. The van der Waals surface area contributed by atoms with E-state index < -0.39 is 17.7 Å². The van der Waals surface area contributed by atoms with Gasteiger partial charge < -0.3 is 10.0 Å². The number of rotatable bonds is 7. The van der Waals surface area contributed by atoms with Gasteiger partial charge in [0.15, 0.2) is 0 Å². The van der Waals surface area contributed by atoms with E-state index >= 15 is 0 Å². The summed E-state index contributed by atoms with van der Waals surface area (Å²) < 4.78 is 26.3. The summed E-state index contributed by atoms with van der Waals surface area (Å²) in [5, 5.41) is 9.15. The lowest BCUT2D eigenvalue weighted by Gasteiger charge is -2.18.